The topological polar surface area (TPSA) is 168 Å². The second-order valence-electron chi connectivity index (χ2n) is 6.48. The number of esters is 3. The first kappa shape index (κ1) is 26.2. The highest BCUT2D eigenvalue weighted by atomic mass is 32.2. The van der Waals surface area contributed by atoms with E-state index in [1.54, 1.807) is 0 Å². The molecule has 0 spiro atoms. The molecule has 1 aliphatic rings. The van der Waals surface area contributed by atoms with Crippen molar-refractivity contribution in [2.45, 2.75) is 65.3 Å². The lowest BCUT2D eigenvalue weighted by atomic mass is 9.92. The van der Waals surface area contributed by atoms with Crippen molar-refractivity contribution in [2.75, 3.05) is 5.75 Å². The third-order valence-corrected chi connectivity index (χ3v) is 4.59. The monoisotopic (exact) mass is 461 g/mol. The zero-order valence-electron chi connectivity index (χ0n) is 17.5. The Kier molecular flexibility index (Phi) is 9.78. The van der Waals surface area contributed by atoms with Crippen LogP contribution < -0.4 is 5.32 Å². The molecule has 1 N–H and O–H groups in total. The summed E-state index contributed by atoms with van der Waals surface area (Å²) in [4.78, 5) is 82.3. The van der Waals surface area contributed by atoms with Crippen molar-refractivity contribution in [2.24, 2.45) is 0 Å². The van der Waals surface area contributed by atoms with Gasteiger partial charge in [-0.2, -0.15) is 0 Å². The maximum atomic E-state index is 12.4. The highest BCUT2D eigenvalue weighted by Gasteiger charge is 2.54. The molecule has 31 heavy (non-hydrogen) atoms. The van der Waals surface area contributed by atoms with Crippen LogP contribution in [0.5, 0.6) is 0 Å². The first-order chi connectivity index (χ1) is 14.3. The number of Topliss-reactive ketones (excluding diaryl/α,β-unsaturated/α-hetero) is 2. The maximum Gasteiger partial charge on any atom is 0.305 e. The van der Waals surface area contributed by atoms with Crippen LogP contribution in [0, 0.1) is 0 Å². The standard InChI is InChI=1S/C18H23NO11S/c1-7(20)14(26)16-17(28-9(3)22)15(27-8(2)21)13(18(30-16)29-10(4)23)19-12(25)6-31-11(5)24/h13,15-18H,6H2,1-5H3,(H,19,25)/t13?,15-,16?,17+,18?/m1/s1. The fourth-order valence-corrected chi connectivity index (χ4v) is 3.13. The largest absolute Gasteiger partial charge is 0.456 e. The number of carbonyl (C=O) groups is 7. The molecule has 0 saturated carbocycles. The molecule has 13 heteroatoms. The van der Waals surface area contributed by atoms with Gasteiger partial charge in [-0.15, -0.1) is 0 Å². The molecule has 1 heterocycles. The molecule has 0 aromatic rings. The first-order valence-corrected chi connectivity index (χ1v) is 9.96. The van der Waals surface area contributed by atoms with Gasteiger partial charge in [0.05, 0.1) is 5.75 Å². The summed E-state index contributed by atoms with van der Waals surface area (Å²) in [7, 11) is 0. The fourth-order valence-electron chi connectivity index (χ4n) is 2.71. The van der Waals surface area contributed by atoms with Crippen LogP contribution in [0.2, 0.25) is 0 Å². The van der Waals surface area contributed by atoms with E-state index in [9.17, 15) is 33.6 Å². The van der Waals surface area contributed by atoms with Gasteiger partial charge in [-0.3, -0.25) is 33.6 Å². The van der Waals surface area contributed by atoms with Crippen molar-refractivity contribution < 1.29 is 52.5 Å². The van der Waals surface area contributed by atoms with E-state index in [1.807, 2.05) is 0 Å². The van der Waals surface area contributed by atoms with Gasteiger partial charge < -0.3 is 24.3 Å². The quantitative estimate of drug-likeness (QED) is 0.268. The van der Waals surface area contributed by atoms with Crippen molar-refractivity contribution in [3.05, 3.63) is 0 Å². The molecular weight excluding hydrogens is 438 g/mol. The molecule has 0 aliphatic carbocycles. The number of carbonyl (C=O) groups excluding carboxylic acids is 7. The highest BCUT2D eigenvalue weighted by Crippen LogP contribution is 2.28. The van der Waals surface area contributed by atoms with Crippen LogP contribution in [0.15, 0.2) is 0 Å². The second kappa shape index (κ2) is 11.6. The minimum absolute atomic E-state index is 0.320. The molecule has 5 atom stereocenters. The van der Waals surface area contributed by atoms with E-state index >= 15 is 0 Å². The lowest BCUT2D eigenvalue weighted by Crippen LogP contribution is -2.68. The molecule has 172 valence electrons. The van der Waals surface area contributed by atoms with Gasteiger partial charge in [-0.05, 0) is 0 Å². The van der Waals surface area contributed by atoms with Gasteiger partial charge in [-0.1, -0.05) is 11.8 Å². The van der Waals surface area contributed by atoms with Crippen molar-refractivity contribution in [3.63, 3.8) is 0 Å². The molecule has 3 unspecified atom stereocenters. The summed E-state index contributed by atoms with van der Waals surface area (Å²) < 4.78 is 20.7. The van der Waals surface area contributed by atoms with Crippen molar-refractivity contribution in [1.82, 2.24) is 5.32 Å². The van der Waals surface area contributed by atoms with Crippen LogP contribution in [0.4, 0.5) is 0 Å². The number of thioether (sulfide) groups is 1. The fraction of sp³-hybridized carbons (Fsp3) is 0.611. The summed E-state index contributed by atoms with van der Waals surface area (Å²) in [5.41, 5.74) is 0. The number of amides is 1. The summed E-state index contributed by atoms with van der Waals surface area (Å²) in [5.74, 6) is -5.76. The Hall–Kier alpha value is -2.80. The minimum atomic E-state index is -1.77. The number of hydrogen-bond donors (Lipinski definition) is 1. The highest BCUT2D eigenvalue weighted by molar-refractivity contribution is 8.14. The number of ketones is 2. The average molecular weight is 461 g/mol. The van der Waals surface area contributed by atoms with Gasteiger partial charge in [0.2, 0.25) is 18.0 Å². The average Bonchev–Trinajstić information content (AvgIpc) is 2.62. The molecule has 1 aliphatic heterocycles. The van der Waals surface area contributed by atoms with Crippen LogP contribution >= 0.6 is 11.8 Å². The number of hydrogen-bond acceptors (Lipinski definition) is 12. The van der Waals surface area contributed by atoms with Gasteiger partial charge in [-0.25, -0.2) is 0 Å². The van der Waals surface area contributed by atoms with E-state index in [2.05, 4.69) is 5.32 Å². The van der Waals surface area contributed by atoms with E-state index in [0.717, 1.165) is 27.7 Å². The predicted octanol–water partition coefficient (Wildman–Crippen LogP) is -0.940. The third-order valence-electron chi connectivity index (χ3n) is 3.78. The van der Waals surface area contributed by atoms with E-state index in [0.29, 0.717) is 11.8 Å². The lowest BCUT2D eigenvalue weighted by molar-refractivity contribution is -0.259. The molecule has 0 radical (unpaired) electrons. The zero-order chi connectivity index (χ0) is 23.9. The molecule has 1 rings (SSSR count). The van der Waals surface area contributed by atoms with Gasteiger partial charge in [0.25, 0.3) is 0 Å². The van der Waals surface area contributed by atoms with Crippen LogP contribution in [0.1, 0.15) is 34.6 Å². The Bertz CT molecular complexity index is 780. The van der Waals surface area contributed by atoms with Crippen molar-refractivity contribution in [1.29, 1.82) is 0 Å². The summed E-state index contributed by atoms with van der Waals surface area (Å²) in [6.07, 6.45) is -6.63. The minimum Gasteiger partial charge on any atom is -0.456 e. The van der Waals surface area contributed by atoms with E-state index in [4.69, 9.17) is 18.9 Å². The van der Waals surface area contributed by atoms with Crippen LogP contribution in [0.3, 0.4) is 0 Å². The summed E-state index contributed by atoms with van der Waals surface area (Å²) in [6.45, 7) is 5.25. The maximum absolute atomic E-state index is 12.4. The summed E-state index contributed by atoms with van der Waals surface area (Å²) in [5, 5.41) is 2.06. The molecule has 1 amide bonds. The molecule has 12 nitrogen and oxygen atoms in total. The van der Waals surface area contributed by atoms with Gasteiger partial charge >= 0.3 is 17.9 Å². The van der Waals surface area contributed by atoms with Gasteiger partial charge in [0.1, 0.15) is 6.04 Å². The smallest absolute Gasteiger partial charge is 0.305 e. The van der Waals surface area contributed by atoms with Crippen LogP contribution in [-0.4, -0.2) is 76.9 Å². The van der Waals surface area contributed by atoms with Crippen LogP contribution in [-0.2, 0) is 52.5 Å². The SMILES string of the molecule is CC(=O)OC1OC(C(=O)C(C)=O)[C@@H](OC(C)=O)[C@H](OC(C)=O)C1NC(=O)CSC(C)=O. The molecule has 1 fully saturated rings. The summed E-state index contributed by atoms with van der Waals surface area (Å²) >= 11 is 0.688. The Morgan fingerprint density at radius 3 is 1.77 bits per heavy atom. The molecule has 0 aromatic heterocycles. The van der Waals surface area contributed by atoms with Crippen molar-refractivity contribution in [3.8, 4) is 0 Å². The molecular formula is C18H23NO11S. The Morgan fingerprint density at radius 2 is 1.32 bits per heavy atom. The van der Waals surface area contributed by atoms with Crippen LogP contribution in [0.25, 0.3) is 0 Å². The second-order valence-corrected chi connectivity index (χ2v) is 7.63. The zero-order valence-corrected chi connectivity index (χ0v) is 18.3. The molecule has 1 saturated heterocycles. The number of nitrogens with one attached hydrogen (secondary N) is 1. The molecule has 0 aromatic carbocycles. The number of ether oxygens (including phenoxy) is 4. The van der Waals surface area contributed by atoms with Crippen molar-refractivity contribution >= 4 is 52.3 Å². The summed E-state index contributed by atoms with van der Waals surface area (Å²) in [6, 6.07) is -1.42. The van der Waals surface area contributed by atoms with E-state index in [1.165, 1.54) is 6.92 Å². The van der Waals surface area contributed by atoms with E-state index < -0.39 is 66.0 Å². The lowest BCUT2D eigenvalue weighted by Gasteiger charge is -2.43. The first-order valence-electron chi connectivity index (χ1n) is 8.98. The normalized spacial score (nSPS) is 25.0. The third kappa shape index (κ3) is 8.09. The number of rotatable bonds is 8. The van der Waals surface area contributed by atoms with Gasteiger partial charge in [0.15, 0.2) is 29.2 Å². The Labute approximate surface area is 181 Å². The predicted molar refractivity (Wildman–Crippen MR) is 102 cm³/mol. The Morgan fingerprint density at radius 1 is 0.806 bits per heavy atom. The van der Waals surface area contributed by atoms with Gasteiger partial charge in [0, 0.05) is 34.6 Å². The van der Waals surface area contributed by atoms with E-state index in [-0.39, 0.29) is 10.9 Å². The molecule has 0 bridgehead atoms. The Balaban J connectivity index is 3.41.